The summed E-state index contributed by atoms with van der Waals surface area (Å²) >= 11 is 0. The first-order valence-corrected chi connectivity index (χ1v) is 6.02. The fraction of sp³-hybridized carbons (Fsp3) is 0.667. The topological polar surface area (TPSA) is 64.3 Å². The Kier molecular flexibility index (Phi) is 5.15. The summed E-state index contributed by atoms with van der Waals surface area (Å²) in [7, 11) is 2.01. The van der Waals surface area contributed by atoms with Gasteiger partial charge < -0.3 is 15.4 Å². The highest BCUT2D eigenvalue weighted by molar-refractivity contribution is 5.47. The molecule has 0 radical (unpaired) electrons. The van der Waals surface area contributed by atoms with Crippen molar-refractivity contribution in [1.82, 2.24) is 9.97 Å². The van der Waals surface area contributed by atoms with E-state index >= 15 is 0 Å². The highest BCUT2D eigenvalue weighted by Gasteiger charge is 2.11. The molecule has 0 bridgehead atoms. The van der Waals surface area contributed by atoms with Crippen molar-refractivity contribution in [3.8, 4) is 0 Å². The first kappa shape index (κ1) is 13.7. The lowest BCUT2D eigenvalue weighted by atomic mass is 10.2. The molecule has 5 heteroatoms. The van der Waals surface area contributed by atoms with E-state index < -0.39 is 0 Å². The Balaban J connectivity index is 2.88. The van der Waals surface area contributed by atoms with E-state index in [0.29, 0.717) is 30.9 Å². The van der Waals surface area contributed by atoms with Crippen molar-refractivity contribution < 1.29 is 4.74 Å². The van der Waals surface area contributed by atoms with E-state index in [9.17, 15) is 0 Å². The largest absolute Gasteiger partial charge is 0.384 e. The number of nitrogens with zero attached hydrogens (tertiary/aromatic N) is 3. The summed E-state index contributed by atoms with van der Waals surface area (Å²) in [4.78, 5) is 10.7. The van der Waals surface area contributed by atoms with Gasteiger partial charge in [0.25, 0.3) is 0 Å². The Morgan fingerprint density at radius 3 is 2.71 bits per heavy atom. The number of hydrogen-bond donors (Lipinski definition) is 1. The second-order valence-corrected chi connectivity index (χ2v) is 4.07. The first-order chi connectivity index (χ1) is 8.08. The number of nitrogens with two attached hydrogens (primary N) is 1. The van der Waals surface area contributed by atoms with Crippen molar-refractivity contribution in [3.05, 3.63) is 11.9 Å². The Morgan fingerprint density at radius 2 is 2.12 bits per heavy atom. The lowest BCUT2D eigenvalue weighted by molar-refractivity contribution is 0.128. The predicted octanol–water partition coefficient (Wildman–Crippen LogP) is 1.83. The average Bonchev–Trinajstić information content (AvgIpc) is 2.33. The van der Waals surface area contributed by atoms with Crippen LogP contribution in [0.15, 0.2) is 6.07 Å². The minimum absolute atomic E-state index is 0.406. The highest BCUT2D eigenvalue weighted by atomic mass is 16.5. The van der Waals surface area contributed by atoms with Crippen molar-refractivity contribution in [1.29, 1.82) is 0 Å². The summed E-state index contributed by atoms with van der Waals surface area (Å²) in [6.07, 6.45) is 1.06. The van der Waals surface area contributed by atoms with E-state index in [-0.39, 0.29) is 0 Å². The van der Waals surface area contributed by atoms with Gasteiger partial charge in [-0.15, -0.1) is 0 Å². The molecule has 0 saturated heterocycles. The molecule has 1 unspecified atom stereocenters. The van der Waals surface area contributed by atoms with Crippen LogP contribution < -0.4 is 10.6 Å². The van der Waals surface area contributed by atoms with E-state index in [2.05, 4.69) is 28.7 Å². The molecule has 0 amide bonds. The number of rotatable bonds is 6. The van der Waals surface area contributed by atoms with Crippen LogP contribution in [0.4, 0.5) is 11.6 Å². The molecule has 0 saturated carbocycles. The second-order valence-electron chi connectivity index (χ2n) is 4.07. The summed E-state index contributed by atoms with van der Waals surface area (Å²) in [5.74, 6) is 1.97. The Hall–Kier alpha value is -1.36. The molecular formula is C12H22N4O. The van der Waals surface area contributed by atoms with Crippen LogP contribution in [0.3, 0.4) is 0 Å². The van der Waals surface area contributed by atoms with Gasteiger partial charge in [0.05, 0.1) is 0 Å². The van der Waals surface area contributed by atoms with Crippen LogP contribution in [0.25, 0.3) is 0 Å². The molecule has 96 valence electrons. The third-order valence-corrected chi connectivity index (χ3v) is 2.83. The Bertz CT molecular complexity index is 356. The molecule has 1 atom stereocenters. The van der Waals surface area contributed by atoms with Gasteiger partial charge in [0, 0.05) is 25.8 Å². The zero-order valence-electron chi connectivity index (χ0n) is 11.1. The van der Waals surface area contributed by atoms with Gasteiger partial charge in [-0.25, -0.2) is 9.97 Å². The van der Waals surface area contributed by atoms with Crippen LogP contribution in [0, 0.1) is 0 Å². The standard InChI is InChI=1S/C12H22N4O/c1-5-9(3)16(4)12-7-10(13)14-11(15-12)8-17-6-2/h7,9H,5-6,8H2,1-4H3,(H2,13,14,15). The van der Waals surface area contributed by atoms with E-state index in [1.165, 1.54) is 0 Å². The molecule has 0 spiro atoms. The van der Waals surface area contributed by atoms with E-state index in [4.69, 9.17) is 10.5 Å². The van der Waals surface area contributed by atoms with Gasteiger partial charge in [0.2, 0.25) is 0 Å². The minimum atomic E-state index is 0.406. The fourth-order valence-corrected chi connectivity index (χ4v) is 1.44. The molecular weight excluding hydrogens is 216 g/mol. The maximum atomic E-state index is 5.78. The van der Waals surface area contributed by atoms with Gasteiger partial charge in [-0.3, -0.25) is 0 Å². The monoisotopic (exact) mass is 238 g/mol. The minimum Gasteiger partial charge on any atom is -0.384 e. The fourth-order valence-electron chi connectivity index (χ4n) is 1.44. The molecule has 1 rings (SSSR count). The molecule has 0 fully saturated rings. The van der Waals surface area contributed by atoms with Crippen molar-refractivity contribution in [3.63, 3.8) is 0 Å². The van der Waals surface area contributed by atoms with Gasteiger partial charge >= 0.3 is 0 Å². The van der Waals surface area contributed by atoms with E-state index in [0.717, 1.165) is 12.2 Å². The lowest BCUT2D eigenvalue weighted by Gasteiger charge is -2.25. The molecule has 1 aromatic rings. The lowest BCUT2D eigenvalue weighted by Crippen LogP contribution is -2.29. The molecule has 0 aliphatic rings. The van der Waals surface area contributed by atoms with Gasteiger partial charge in [0.15, 0.2) is 5.82 Å². The van der Waals surface area contributed by atoms with Crippen molar-refractivity contribution >= 4 is 11.6 Å². The number of ether oxygens (including phenoxy) is 1. The zero-order valence-corrected chi connectivity index (χ0v) is 11.1. The third-order valence-electron chi connectivity index (χ3n) is 2.83. The first-order valence-electron chi connectivity index (χ1n) is 6.02. The summed E-state index contributed by atoms with van der Waals surface area (Å²) < 4.78 is 5.30. The summed E-state index contributed by atoms with van der Waals surface area (Å²) in [6, 6.07) is 2.21. The normalized spacial score (nSPS) is 12.5. The molecule has 5 nitrogen and oxygen atoms in total. The average molecular weight is 238 g/mol. The number of aromatic nitrogens is 2. The van der Waals surface area contributed by atoms with Crippen LogP contribution in [0.1, 0.15) is 33.0 Å². The maximum Gasteiger partial charge on any atom is 0.158 e. The summed E-state index contributed by atoms with van der Waals surface area (Å²) in [5.41, 5.74) is 5.78. The maximum absolute atomic E-state index is 5.78. The van der Waals surface area contributed by atoms with Crippen LogP contribution >= 0.6 is 0 Å². The smallest absolute Gasteiger partial charge is 0.158 e. The Labute approximate surface area is 103 Å². The molecule has 2 N–H and O–H groups in total. The van der Waals surface area contributed by atoms with Gasteiger partial charge in [-0.1, -0.05) is 6.92 Å². The molecule has 0 aliphatic carbocycles. The van der Waals surface area contributed by atoms with Crippen molar-refractivity contribution in [2.24, 2.45) is 0 Å². The van der Waals surface area contributed by atoms with Gasteiger partial charge in [0.1, 0.15) is 18.2 Å². The molecule has 1 heterocycles. The molecule has 0 aliphatic heterocycles. The second kappa shape index (κ2) is 6.39. The van der Waals surface area contributed by atoms with Crippen LogP contribution in [0.2, 0.25) is 0 Å². The number of nitrogen functional groups attached to an aromatic ring is 1. The van der Waals surface area contributed by atoms with Crippen LogP contribution in [0.5, 0.6) is 0 Å². The molecule has 1 aromatic heterocycles. The summed E-state index contributed by atoms with van der Waals surface area (Å²) in [5, 5.41) is 0. The molecule has 0 aromatic carbocycles. The zero-order chi connectivity index (χ0) is 12.8. The predicted molar refractivity (Wildman–Crippen MR) is 69.9 cm³/mol. The van der Waals surface area contributed by atoms with E-state index in [1.807, 2.05) is 14.0 Å². The molecule has 17 heavy (non-hydrogen) atoms. The number of anilines is 2. The van der Waals surface area contributed by atoms with E-state index in [1.54, 1.807) is 6.07 Å². The highest BCUT2D eigenvalue weighted by Crippen LogP contribution is 2.16. The third kappa shape index (κ3) is 3.85. The summed E-state index contributed by atoms with van der Waals surface area (Å²) in [6.45, 7) is 7.30. The van der Waals surface area contributed by atoms with Gasteiger partial charge in [-0.2, -0.15) is 0 Å². The van der Waals surface area contributed by atoms with Crippen LogP contribution in [-0.4, -0.2) is 29.7 Å². The van der Waals surface area contributed by atoms with Crippen molar-refractivity contribution in [2.45, 2.75) is 39.8 Å². The Morgan fingerprint density at radius 1 is 1.41 bits per heavy atom. The quantitative estimate of drug-likeness (QED) is 0.819. The number of hydrogen-bond acceptors (Lipinski definition) is 5. The van der Waals surface area contributed by atoms with Gasteiger partial charge in [-0.05, 0) is 20.3 Å². The SMILES string of the molecule is CCOCc1nc(N)cc(N(C)C(C)CC)n1. The van der Waals surface area contributed by atoms with Crippen LogP contribution in [-0.2, 0) is 11.3 Å². The van der Waals surface area contributed by atoms with Crippen molar-refractivity contribution in [2.75, 3.05) is 24.3 Å².